The van der Waals surface area contributed by atoms with Gasteiger partial charge in [-0.1, -0.05) is 25.4 Å². The van der Waals surface area contributed by atoms with Gasteiger partial charge in [0.25, 0.3) is 0 Å². The van der Waals surface area contributed by atoms with Gasteiger partial charge in [0, 0.05) is 11.2 Å². The molecule has 0 atom stereocenters. The van der Waals surface area contributed by atoms with Crippen molar-refractivity contribution < 1.29 is 9.90 Å². The van der Waals surface area contributed by atoms with Crippen LogP contribution in [0.1, 0.15) is 35.8 Å². The third kappa shape index (κ3) is 2.38. The molecule has 0 bridgehead atoms. The van der Waals surface area contributed by atoms with Crippen LogP contribution in [0.25, 0.3) is 5.69 Å². The Morgan fingerprint density at radius 2 is 2.11 bits per heavy atom. The fourth-order valence-electron chi connectivity index (χ4n) is 1.66. The van der Waals surface area contributed by atoms with Crippen LogP contribution in [0, 0.1) is 0 Å². The quantitative estimate of drug-likeness (QED) is 0.925. The van der Waals surface area contributed by atoms with Gasteiger partial charge in [0.2, 0.25) is 0 Å². The molecule has 1 aromatic carbocycles. The third-order valence-corrected chi connectivity index (χ3v) is 2.87. The maximum Gasteiger partial charge on any atom is 0.337 e. The fourth-order valence-corrected chi connectivity index (χ4v) is 1.83. The van der Waals surface area contributed by atoms with Crippen LogP contribution >= 0.6 is 11.6 Å². The van der Waals surface area contributed by atoms with Crippen molar-refractivity contribution in [2.24, 2.45) is 0 Å². The monoisotopic (exact) mass is 264 g/mol. The van der Waals surface area contributed by atoms with Gasteiger partial charge in [-0.3, -0.25) is 0 Å². The lowest BCUT2D eigenvalue weighted by Crippen LogP contribution is -2.06. The zero-order valence-corrected chi connectivity index (χ0v) is 10.8. The van der Waals surface area contributed by atoms with Crippen LogP contribution in [0.3, 0.4) is 0 Å². The molecule has 0 saturated carbocycles. The van der Waals surface area contributed by atoms with Crippen LogP contribution in [0.2, 0.25) is 5.02 Å². The van der Waals surface area contributed by atoms with E-state index in [2.05, 4.69) is 5.10 Å². The molecule has 0 radical (unpaired) electrons. The number of hydrogen-bond donors (Lipinski definition) is 1. The second-order valence-corrected chi connectivity index (χ2v) is 4.74. The van der Waals surface area contributed by atoms with E-state index in [4.69, 9.17) is 16.7 Å². The zero-order valence-electron chi connectivity index (χ0n) is 10.1. The first-order valence-electron chi connectivity index (χ1n) is 5.58. The predicted molar refractivity (Wildman–Crippen MR) is 69.6 cm³/mol. The van der Waals surface area contributed by atoms with Gasteiger partial charge in [0.15, 0.2) is 0 Å². The summed E-state index contributed by atoms with van der Waals surface area (Å²) in [4.78, 5) is 11.2. The molecular weight excluding hydrogens is 252 g/mol. The maximum absolute atomic E-state index is 11.2. The number of aromatic nitrogens is 2. The van der Waals surface area contributed by atoms with Gasteiger partial charge in [0.1, 0.15) is 0 Å². The van der Waals surface area contributed by atoms with Crippen LogP contribution < -0.4 is 0 Å². The molecule has 94 valence electrons. The van der Waals surface area contributed by atoms with Crippen molar-refractivity contribution in [1.29, 1.82) is 0 Å². The summed E-state index contributed by atoms with van der Waals surface area (Å²) in [7, 11) is 0. The Bertz CT molecular complexity index is 590. The van der Waals surface area contributed by atoms with Crippen LogP contribution in [0.15, 0.2) is 30.5 Å². The molecule has 4 nitrogen and oxygen atoms in total. The number of aromatic carboxylic acids is 1. The van der Waals surface area contributed by atoms with E-state index in [9.17, 15) is 4.79 Å². The van der Waals surface area contributed by atoms with Crippen molar-refractivity contribution in [3.05, 3.63) is 46.7 Å². The molecule has 1 aromatic heterocycles. The highest BCUT2D eigenvalue weighted by molar-refractivity contribution is 6.31. The van der Waals surface area contributed by atoms with Crippen LogP contribution in [0.4, 0.5) is 0 Å². The standard InChI is InChI=1S/C13H13ClN2O2/c1-8(2)11-5-6-16(15-11)12-4-3-9(14)7-10(12)13(17)18/h3-8H,1-2H3,(H,17,18). The summed E-state index contributed by atoms with van der Waals surface area (Å²) >= 11 is 5.81. The van der Waals surface area contributed by atoms with Gasteiger partial charge in [-0.2, -0.15) is 5.10 Å². The van der Waals surface area contributed by atoms with Crippen molar-refractivity contribution in [2.45, 2.75) is 19.8 Å². The summed E-state index contributed by atoms with van der Waals surface area (Å²) in [6, 6.07) is 6.61. The van der Waals surface area contributed by atoms with Crippen molar-refractivity contribution in [3.8, 4) is 5.69 Å². The van der Waals surface area contributed by atoms with Gasteiger partial charge < -0.3 is 5.11 Å². The van der Waals surface area contributed by atoms with Crippen LogP contribution in [-0.4, -0.2) is 20.9 Å². The lowest BCUT2D eigenvalue weighted by molar-refractivity contribution is 0.0696. The van der Waals surface area contributed by atoms with Crippen LogP contribution in [0.5, 0.6) is 0 Å². The lowest BCUT2D eigenvalue weighted by Gasteiger charge is -2.07. The van der Waals surface area contributed by atoms with Crippen molar-refractivity contribution in [1.82, 2.24) is 9.78 Å². The minimum absolute atomic E-state index is 0.140. The Morgan fingerprint density at radius 3 is 2.67 bits per heavy atom. The highest BCUT2D eigenvalue weighted by atomic mass is 35.5. The molecule has 0 aliphatic carbocycles. The summed E-state index contributed by atoms with van der Waals surface area (Å²) in [6.45, 7) is 4.07. The van der Waals surface area contributed by atoms with E-state index in [0.29, 0.717) is 16.6 Å². The SMILES string of the molecule is CC(C)c1ccn(-c2ccc(Cl)cc2C(=O)O)n1. The van der Waals surface area contributed by atoms with E-state index in [0.717, 1.165) is 5.69 Å². The molecule has 0 aliphatic heterocycles. The highest BCUT2D eigenvalue weighted by Gasteiger charge is 2.14. The first-order valence-corrected chi connectivity index (χ1v) is 5.95. The summed E-state index contributed by atoms with van der Waals surface area (Å²) in [5, 5.41) is 13.9. The number of carboxylic acid groups (broad SMARTS) is 1. The first kappa shape index (κ1) is 12.6. The van der Waals surface area contributed by atoms with Crippen molar-refractivity contribution >= 4 is 17.6 Å². The number of nitrogens with zero attached hydrogens (tertiary/aromatic N) is 2. The maximum atomic E-state index is 11.2. The molecule has 5 heteroatoms. The zero-order chi connectivity index (χ0) is 13.3. The van der Waals surface area contributed by atoms with Gasteiger partial charge in [-0.05, 0) is 30.2 Å². The number of hydrogen-bond acceptors (Lipinski definition) is 2. The van der Waals surface area contributed by atoms with Crippen molar-refractivity contribution in [2.75, 3.05) is 0 Å². The highest BCUT2D eigenvalue weighted by Crippen LogP contribution is 2.21. The molecule has 1 N–H and O–H groups in total. The average molecular weight is 265 g/mol. The topological polar surface area (TPSA) is 55.1 Å². The molecule has 0 saturated heterocycles. The second-order valence-electron chi connectivity index (χ2n) is 4.31. The minimum Gasteiger partial charge on any atom is -0.478 e. The lowest BCUT2D eigenvalue weighted by atomic mass is 10.1. The molecule has 0 fully saturated rings. The number of benzene rings is 1. The van der Waals surface area contributed by atoms with Gasteiger partial charge in [-0.25, -0.2) is 9.48 Å². The van der Waals surface area contributed by atoms with E-state index in [-0.39, 0.29) is 5.56 Å². The number of halogens is 1. The van der Waals surface area contributed by atoms with Gasteiger partial charge in [0.05, 0.1) is 16.9 Å². The summed E-state index contributed by atoms with van der Waals surface area (Å²) in [5.74, 6) is -0.721. The molecule has 0 unspecified atom stereocenters. The predicted octanol–water partition coefficient (Wildman–Crippen LogP) is 3.35. The largest absolute Gasteiger partial charge is 0.478 e. The normalized spacial score (nSPS) is 10.9. The third-order valence-electron chi connectivity index (χ3n) is 2.64. The summed E-state index contributed by atoms with van der Waals surface area (Å²) < 4.78 is 1.56. The first-order chi connectivity index (χ1) is 8.49. The van der Waals surface area contributed by atoms with Gasteiger partial charge in [-0.15, -0.1) is 0 Å². The molecule has 0 aliphatic rings. The smallest absolute Gasteiger partial charge is 0.337 e. The Hall–Kier alpha value is -1.81. The molecule has 1 heterocycles. The van der Waals surface area contributed by atoms with E-state index in [1.807, 2.05) is 19.9 Å². The minimum atomic E-state index is -1.02. The Morgan fingerprint density at radius 1 is 1.39 bits per heavy atom. The average Bonchev–Trinajstić information content (AvgIpc) is 2.78. The Labute approximate surface area is 110 Å². The Kier molecular flexibility index (Phi) is 3.39. The number of carbonyl (C=O) groups is 1. The molecule has 0 amide bonds. The summed E-state index contributed by atoms with van der Waals surface area (Å²) in [5.41, 5.74) is 1.57. The van der Waals surface area contributed by atoms with Gasteiger partial charge >= 0.3 is 5.97 Å². The van der Waals surface area contributed by atoms with E-state index in [1.165, 1.54) is 6.07 Å². The second kappa shape index (κ2) is 4.82. The number of rotatable bonds is 3. The summed E-state index contributed by atoms with van der Waals surface area (Å²) in [6.07, 6.45) is 1.75. The Balaban J connectivity index is 2.52. The molecule has 2 aromatic rings. The number of carboxylic acids is 1. The molecule has 0 spiro atoms. The fraction of sp³-hybridized carbons (Fsp3) is 0.231. The molecule has 18 heavy (non-hydrogen) atoms. The van der Waals surface area contributed by atoms with Crippen LogP contribution in [-0.2, 0) is 0 Å². The molecule has 2 rings (SSSR count). The van der Waals surface area contributed by atoms with E-state index >= 15 is 0 Å². The molecular formula is C13H13ClN2O2. The van der Waals surface area contributed by atoms with E-state index in [1.54, 1.807) is 23.0 Å². The van der Waals surface area contributed by atoms with Crippen molar-refractivity contribution in [3.63, 3.8) is 0 Å². The van der Waals surface area contributed by atoms with E-state index < -0.39 is 5.97 Å².